The highest BCUT2D eigenvalue weighted by Gasteiger charge is 1.67. The average molecular weight is 124 g/mol. The summed E-state index contributed by atoms with van der Waals surface area (Å²) in [4.78, 5) is 4.41. The van der Waals surface area contributed by atoms with E-state index in [0.717, 1.165) is 0 Å². The fourth-order valence-corrected chi connectivity index (χ4v) is 0.318. The molecular formula is C7H10NO. The van der Waals surface area contributed by atoms with E-state index < -0.39 is 0 Å². The average Bonchev–Trinajstić information content (AvgIpc) is 1.89. The van der Waals surface area contributed by atoms with Gasteiger partial charge in [0.1, 0.15) is 7.11 Å². The van der Waals surface area contributed by atoms with Crippen LogP contribution in [0.1, 0.15) is 12.8 Å². The molecule has 2 nitrogen and oxygen atoms in total. The van der Waals surface area contributed by atoms with E-state index in [1.54, 1.807) is 6.21 Å². The van der Waals surface area contributed by atoms with E-state index >= 15 is 0 Å². The summed E-state index contributed by atoms with van der Waals surface area (Å²) in [5, 5.41) is 3.50. The van der Waals surface area contributed by atoms with Crippen molar-refractivity contribution < 1.29 is 4.84 Å². The third-order valence-electron chi connectivity index (χ3n) is 0.623. The highest BCUT2D eigenvalue weighted by molar-refractivity contribution is 5.60. The maximum atomic E-state index is 4.41. The molecule has 0 saturated heterocycles. The highest BCUT2D eigenvalue weighted by atomic mass is 16.6. The Morgan fingerprint density at radius 1 is 1.67 bits per heavy atom. The quantitative estimate of drug-likeness (QED) is 0.308. The molecule has 0 aliphatic rings. The minimum absolute atomic E-state index is 0.642. The van der Waals surface area contributed by atoms with Crippen molar-refractivity contribution in [2.45, 2.75) is 12.8 Å². The fourth-order valence-electron chi connectivity index (χ4n) is 0.318. The van der Waals surface area contributed by atoms with Crippen LogP contribution in [0.2, 0.25) is 0 Å². The molecule has 2 heteroatoms. The largest absolute Gasteiger partial charge is 0.399 e. The predicted octanol–water partition coefficient (Wildman–Crippen LogP) is 1.24. The van der Waals surface area contributed by atoms with Gasteiger partial charge in [0.25, 0.3) is 0 Å². The third-order valence-corrected chi connectivity index (χ3v) is 0.623. The molecule has 9 heavy (non-hydrogen) atoms. The van der Waals surface area contributed by atoms with E-state index in [9.17, 15) is 0 Å². The van der Waals surface area contributed by atoms with E-state index in [2.05, 4.69) is 28.8 Å². The molecule has 0 heterocycles. The van der Waals surface area contributed by atoms with E-state index in [1.807, 2.05) is 0 Å². The highest BCUT2D eigenvalue weighted by Crippen LogP contribution is 1.72. The van der Waals surface area contributed by atoms with Gasteiger partial charge in [-0.15, -0.1) is 5.92 Å². The zero-order valence-corrected chi connectivity index (χ0v) is 5.55. The molecule has 0 aromatic carbocycles. The van der Waals surface area contributed by atoms with Crippen LogP contribution in [0, 0.1) is 18.8 Å². The van der Waals surface area contributed by atoms with Gasteiger partial charge in [0.15, 0.2) is 0 Å². The van der Waals surface area contributed by atoms with Gasteiger partial charge in [0.2, 0.25) is 0 Å². The van der Waals surface area contributed by atoms with Crippen LogP contribution < -0.4 is 0 Å². The van der Waals surface area contributed by atoms with Gasteiger partial charge >= 0.3 is 0 Å². The lowest BCUT2D eigenvalue weighted by Crippen LogP contribution is -1.72. The van der Waals surface area contributed by atoms with Gasteiger partial charge in [-0.25, -0.2) is 0 Å². The molecule has 0 aromatic rings. The second-order valence-corrected chi connectivity index (χ2v) is 1.28. The minimum Gasteiger partial charge on any atom is -0.399 e. The van der Waals surface area contributed by atoms with Crippen molar-refractivity contribution in [2.24, 2.45) is 5.16 Å². The Kier molecular flexibility index (Phi) is 6.27. The van der Waals surface area contributed by atoms with Crippen LogP contribution in [-0.4, -0.2) is 13.3 Å². The van der Waals surface area contributed by atoms with Crippen LogP contribution in [0.3, 0.4) is 0 Å². The summed E-state index contributed by atoms with van der Waals surface area (Å²) >= 11 is 0. The van der Waals surface area contributed by atoms with E-state index in [4.69, 9.17) is 0 Å². The smallest absolute Gasteiger partial charge is 0.106 e. The molecule has 49 valence electrons. The topological polar surface area (TPSA) is 21.6 Å². The maximum Gasteiger partial charge on any atom is 0.106 e. The van der Waals surface area contributed by atoms with Crippen LogP contribution in [0.25, 0.3) is 0 Å². The van der Waals surface area contributed by atoms with Crippen molar-refractivity contribution in [3.05, 3.63) is 6.92 Å². The zero-order valence-electron chi connectivity index (χ0n) is 5.55. The molecule has 0 N–H and O–H groups in total. The van der Waals surface area contributed by atoms with Crippen molar-refractivity contribution in [3.8, 4) is 11.8 Å². The Bertz CT molecular complexity index is 130. The molecule has 1 radical (unpaired) electrons. The number of hydrogen-bond acceptors (Lipinski definition) is 2. The van der Waals surface area contributed by atoms with Crippen molar-refractivity contribution >= 4 is 6.21 Å². The normalized spacial score (nSPS) is 8.67. The van der Waals surface area contributed by atoms with E-state index in [0.29, 0.717) is 12.8 Å². The Balaban J connectivity index is 3.18. The van der Waals surface area contributed by atoms with Crippen LogP contribution >= 0.6 is 0 Å². The Hall–Kier alpha value is -0.970. The van der Waals surface area contributed by atoms with Gasteiger partial charge in [-0.2, -0.15) is 0 Å². The summed E-state index contributed by atoms with van der Waals surface area (Å²) in [6, 6.07) is 0. The molecule has 0 aromatic heterocycles. The maximum absolute atomic E-state index is 4.41. The lowest BCUT2D eigenvalue weighted by Gasteiger charge is -1.79. The van der Waals surface area contributed by atoms with Gasteiger partial charge in [0.05, 0.1) is 6.21 Å². The van der Waals surface area contributed by atoms with Crippen LogP contribution in [-0.2, 0) is 4.84 Å². The second-order valence-electron chi connectivity index (χ2n) is 1.28. The van der Waals surface area contributed by atoms with Crippen molar-refractivity contribution in [1.82, 2.24) is 0 Å². The van der Waals surface area contributed by atoms with Crippen molar-refractivity contribution in [3.63, 3.8) is 0 Å². The predicted molar refractivity (Wildman–Crippen MR) is 37.9 cm³/mol. The minimum atomic E-state index is 0.642. The van der Waals surface area contributed by atoms with Crippen molar-refractivity contribution in [1.29, 1.82) is 0 Å². The van der Waals surface area contributed by atoms with E-state index in [-0.39, 0.29) is 0 Å². The van der Waals surface area contributed by atoms with E-state index in [1.165, 1.54) is 7.11 Å². The molecular weight excluding hydrogens is 114 g/mol. The molecule has 0 unspecified atom stereocenters. The molecule has 0 atom stereocenters. The molecule has 0 bridgehead atoms. The van der Waals surface area contributed by atoms with Crippen molar-refractivity contribution in [2.75, 3.05) is 7.11 Å². The first-order valence-corrected chi connectivity index (χ1v) is 2.71. The first kappa shape index (κ1) is 8.03. The first-order chi connectivity index (χ1) is 4.41. The Labute approximate surface area is 55.9 Å². The lowest BCUT2D eigenvalue weighted by molar-refractivity contribution is 0.215. The Morgan fingerprint density at radius 3 is 3.00 bits per heavy atom. The first-order valence-electron chi connectivity index (χ1n) is 2.71. The van der Waals surface area contributed by atoms with Gasteiger partial charge in [-0.3, -0.25) is 0 Å². The second kappa shape index (κ2) is 7.03. The van der Waals surface area contributed by atoms with Gasteiger partial charge in [0, 0.05) is 12.8 Å². The van der Waals surface area contributed by atoms with Gasteiger partial charge in [-0.05, 0) is 6.92 Å². The summed E-state index contributed by atoms with van der Waals surface area (Å²) in [5.41, 5.74) is 0. The monoisotopic (exact) mass is 124 g/mol. The summed E-state index contributed by atoms with van der Waals surface area (Å²) < 4.78 is 0. The molecule has 0 fully saturated rings. The number of rotatable bonds is 2. The van der Waals surface area contributed by atoms with Crippen LogP contribution in [0.4, 0.5) is 0 Å². The summed E-state index contributed by atoms with van der Waals surface area (Å²) in [6.45, 7) is 3.55. The molecule has 0 aliphatic heterocycles. The van der Waals surface area contributed by atoms with Gasteiger partial charge < -0.3 is 4.84 Å². The standard InChI is InChI=1S/C7H10NO/c1-3-4-5-6-7-8-9-2/h7H,1,3,6H2,2H3/b8-7-. The number of nitrogens with zero attached hydrogens (tertiary/aromatic N) is 1. The zero-order chi connectivity index (χ0) is 6.95. The van der Waals surface area contributed by atoms with Gasteiger partial charge in [-0.1, -0.05) is 11.1 Å². The third kappa shape index (κ3) is 7.03. The Morgan fingerprint density at radius 2 is 2.44 bits per heavy atom. The summed E-state index contributed by atoms with van der Waals surface area (Å²) in [7, 11) is 1.51. The van der Waals surface area contributed by atoms with Crippen LogP contribution in [0.5, 0.6) is 0 Å². The molecule has 0 amide bonds. The number of hydrogen-bond donors (Lipinski definition) is 0. The molecule has 0 rings (SSSR count). The summed E-state index contributed by atoms with van der Waals surface area (Å²) in [5.74, 6) is 5.63. The summed E-state index contributed by atoms with van der Waals surface area (Å²) in [6.07, 6.45) is 2.91. The molecule has 0 spiro atoms. The number of oxime groups is 1. The molecule has 0 saturated carbocycles. The SMILES string of the molecule is [CH2]CC#CC/C=N\OC. The van der Waals surface area contributed by atoms with Crippen LogP contribution in [0.15, 0.2) is 5.16 Å². The lowest BCUT2D eigenvalue weighted by atomic mass is 10.4. The fraction of sp³-hybridized carbons (Fsp3) is 0.429. The molecule has 0 aliphatic carbocycles.